The van der Waals surface area contributed by atoms with Crippen LogP contribution in [-0.2, 0) is 6.42 Å². The molecule has 1 aliphatic carbocycles. The van der Waals surface area contributed by atoms with Crippen LogP contribution in [-0.4, -0.2) is 36.1 Å². The monoisotopic (exact) mass is 262 g/mol. The second-order valence-electron chi connectivity index (χ2n) is 6.24. The Bertz CT molecular complexity index is 372. The van der Waals surface area contributed by atoms with Crippen molar-refractivity contribution in [3.63, 3.8) is 0 Å². The van der Waals surface area contributed by atoms with Crippen LogP contribution in [0.25, 0.3) is 0 Å². The Kier molecular flexibility index (Phi) is 4.24. The van der Waals surface area contributed by atoms with Crippen LogP contribution in [0.1, 0.15) is 44.8 Å². The molecule has 106 valence electrons. The number of nitrogens with one attached hydrogen (secondary N) is 1. The Labute approximate surface area is 116 Å². The van der Waals surface area contributed by atoms with Gasteiger partial charge in [-0.25, -0.2) is 0 Å². The standard InChI is InChI=1S/C16H26N2O/c1-13(6-9-16-5-3-11-19-16)18-10-2-4-15(12-18)17-14-7-8-14/h3,5,11,13-15,17H,2,4,6-10,12H2,1H3. The number of furan rings is 1. The molecule has 0 radical (unpaired) electrons. The van der Waals surface area contributed by atoms with Crippen LogP contribution >= 0.6 is 0 Å². The first-order chi connectivity index (χ1) is 9.31. The van der Waals surface area contributed by atoms with Gasteiger partial charge in [0.05, 0.1) is 6.26 Å². The average Bonchev–Trinajstić information content (AvgIpc) is 3.08. The molecular formula is C16H26N2O. The van der Waals surface area contributed by atoms with E-state index in [2.05, 4.69) is 23.2 Å². The Hall–Kier alpha value is -0.800. The number of likely N-dealkylation sites (tertiary alicyclic amines) is 1. The van der Waals surface area contributed by atoms with Gasteiger partial charge in [-0.3, -0.25) is 4.90 Å². The summed E-state index contributed by atoms with van der Waals surface area (Å²) in [6.07, 6.45) is 9.52. The molecule has 19 heavy (non-hydrogen) atoms. The molecule has 1 saturated carbocycles. The molecule has 3 rings (SSSR count). The smallest absolute Gasteiger partial charge is 0.103 e. The summed E-state index contributed by atoms with van der Waals surface area (Å²) in [4.78, 5) is 2.66. The molecule has 0 aromatic carbocycles. The van der Waals surface area contributed by atoms with Crippen LogP contribution in [0.2, 0.25) is 0 Å². The van der Waals surface area contributed by atoms with Gasteiger partial charge in [-0.1, -0.05) is 0 Å². The zero-order valence-corrected chi connectivity index (χ0v) is 12.0. The molecule has 0 amide bonds. The van der Waals surface area contributed by atoms with Crippen molar-refractivity contribution in [2.24, 2.45) is 0 Å². The van der Waals surface area contributed by atoms with E-state index in [1.165, 1.54) is 45.2 Å². The van der Waals surface area contributed by atoms with E-state index in [0.29, 0.717) is 6.04 Å². The van der Waals surface area contributed by atoms with Crippen molar-refractivity contribution < 1.29 is 4.42 Å². The van der Waals surface area contributed by atoms with Crippen molar-refractivity contribution in [3.8, 4) is 0 Å². The van der Waals surface area contributed by atoms with Gasteiger partial charge in [-0.15, -0.1) is 0 Å². The number of hydrogen-bond acceptors (Lipinski definition) is 3. The van der Waals surface area contributed by atoms with Crippen molar-refractivity contribution in [1.82, 2.24) is 10.2 Å². The zero-order valence-electron chi connectivity index (χ0n) is 12.0. The lowest BCUT2D eigenvalue weighted by Crippen LogP contribution is -2.49. The van der Waals surface area contributed by atoms with Crippen molar-refractivity contribution in [2.45, 2.75) is 63.6 Å². The Balaban J connectivity index is 1.44. The second kappa shape index (κ2) is 6.10. The molecule has 2 aliphatic rings. The van der Waals surface area contributed by atoms with E-state index in [-0.39, 0.29) is 0 Å². The largest absolute Gasteiger partial charge is 0.469 e. The van der Waals surface area contributed by atoms with Gasteiger partial charge in [0.1, 0.15) is 5.76 Å². The minimum absolute atomic E-state index is 0.661. The molecule has 2 unspecified atom stereocenters. The van der Waals surface area contributed by atoms with E-state index in [9.17, 15) is 0 Å². The average molecular weight is 262 g/mol. The van der Waals surface area contributed by atoms with E-state index >= 15 is 0 Å². The maximum atomic E-state index is 5.42. The van der Waals surface area contributed by atoms with Gasteiger partial charge in [0.2, 0.25) is 0 Å². The SMILES string of the molecule is CC(CCc1ccco1)N1CCCC(NC2CC2)C1. The quantitative estimate of drug-likeness (QED) is 0.854. The van der Waals surface area contributed by atoms with Gasteiger partial charge in [0.25, 0.3) is 0 Å². The van der Waals surface area contributed by atoms with Gasteiger partial charge in [-0.2, -0.15) is 0 Å². The highest BCUT2D eigenvalue weighted by atomic mass is 16.3. The van der Waals surface area contributed by atoms with Crippen molar-refractivity contribution >= 4 is 0 Å². The normalized spacial score (nSPS) is 26.5. The highest BCUT2D eigenvalue weighted by Gasteiger charge is 2.28. The zero-order chi connectivity index (χ0) is 13.1. The molecule has 3 heteroatoms. The minimum atomic E-state index is 0.661. The van der Waals surface area contributed by atoms with Crippen molar-refractivity contribution in [2.75, 3.05) is 13.1 Å². The van der Waals surface area contributed by atoms with Gasteiger partial charge in [0, 0.05) is 31.1 Å². The molecule has 2 heterocycles. The fraction of sp³-hybridized carbons (Fsp3) is 0.750. The molecule has 1 aromatic heterocycles. The number of nitrogens with zero attached hydrogens (tertiary/aromatic N) is 1. The van der Waals surface area contributed by atoms with Crippen LogP contribution in [0, 0.1) is 0 Å². The van der Waals surface area contributed by atoms with Crippen molar-refractivity contribution in [1.29, 1.82) is 0 Å². The van der Waals surface area contributed by atoms with Gasteiger partial charge in [-0.05, 0) is 57.7 Å². The molecule has 0 bridgehead atoms. The highest BCUT2D eigenvalue weighted by molar-refractivity contribution is 4.98. The molecule has 1 N–H and O–H groups in total. The fourth-order valence-corrected chi connectivity index (χ4v) is 3.11. The molecule has 2 atom stereocenters. The summed E-state index contributed by atoms with van der Waals surface area (Å²) in [5, 5.41) is 3.79. The number of aryl methyl sites for hydroxylation is 1. The number of rotatable bonds is 6. The Morgan fingerprint density at radius 1 is 1.37 bits per heavy atom. The summed E-state index contributed by atoms with van der Waals surface area (Å²) in [5.41, 5.74) is 0. The molecule has 1 saturated heterocycles. The molecule has 3 nitrogen and oxygen atoms in total. The van der Waals surface area contributed by atoms with Crippen LogP contribution in [0.15, 0.2) is 22.8 Å². The highest BCUT2D eigenvalue weighted by Crippen LogP contribution is 2.23. The molecule has 0 spiro atoms. The molecule has 1 aromatic rings. The van der Waals surface area contributed by atoms with E-state index in [4.69, 9.17) is 4.42 Å². The maximum Gasteiger partial charge on any atom is 0.103 e. The van der Waals surface area contributed by atoms with Crippen LogP contribution in [0.3, 0.4) is 0 Å². The first kappa shape index (κ1) is 13.2. The third kappa shape index (κ3) is 3.83. The Morgan fingerprint density at radius 3 is 3.00 bits per heavy atom. The molecular weight excluding hydrogens is 236 g/mol. The number of piperidine rings is 1. The van der Waals surface area contributed by atoms with Crippen LogP contribution in [0.4, 0.5) is 0 Å². The summed E-state index contributed by atoms with van der Waals surface area (Å²) >= 11 is 0. The van der Waals surface area contributed by atoms with Gasteiger partial charge in [0.15, 0.2) is 0 Å². The van der Waals surface area contributed by atoms with E-state index in [1.54, 1.807) is 6.26 Å². The third-order valence-electron chi connectivity index (χ3n) is 4.51. The summed E-state index contributed by atoms with van der Waals surface area (Å²) in [6.45, 7) is 4.86. The lowest BCUT2D eigenvalue weighted by atomic mass is 10.0. The van der Waals surface area contributed by atoms with Gasteiger partial charge < -0.3 is 9.73 Å². The topological polar surface area (TPSA) is 28.4 Å². The fourth-order valence-electron chi connectivity index (χ4n) is 3.11. The molecule has 1 aliphatic heterocycles. The second-order valence-corrected chi connectivity index (χ2v) is 6.24. The van der Waals surface area contributed by atoms with E-state index < -0.39 is 0 Å². The predicted molar refractivity (Wildman–Crippen MR) is 77.2 cm³/mol. The Morgan fingerprint density at radius 2 is 2.26 bits per heavy atom. The summed E-state index contributed by atoms with van der Waals surface area (Å²) in [5.74, 6) is 1.12. The third-order valence-corrected chi connectivity index (χ3v) is 4.51. The van der Waals surface area contributed by atoms with E-state index in [0.717, 1.165) is 24.3 Å². The van der Waals surface area contributed by atoms with E-state index in [1.807, 2.05) is 6.07 Å². The van der Waals surface area contributed by atoms with Crippen LogP contribution in [0.5, 0.6) is 0 Å². The summed E-state index contributed by atoms with van der Waals surface area (Å²) in [7, 11) is 0. The van der Waals surface area contributed by atoms with Gasteiger partial charge >= 0.3 is 0 Å². The molecule has 2 fully saturated rings. The number of hydrogen-bond donors (Lipinski definition) is 1. The lowest BCUT2D eigenvalue weighted by Gasteiger charge is -2.37. The first-order valence-electron chi connectivity index (χ1n) is 7.84. The first-order valence-corrected chi connectivity index (χ1v) is 7.84. The van der Waals surface area contributed by atoms with Crippen LogP contribution < -0.4 is 5.32 Å². The minimum Gasteiger partial charge on any atom is -0.469 e. The summed E-state index contributed by atoms with van der Waals surface area (Å²) in [6, 6.07) is 6.29. The van der Waals surface area contributed by atoms with Crippen molar-refractivity contribution in [3.05, 3.63) is 24.2 Å². The summed E-state index contributed by atoms with van der Waals surface area (Å²) < 4.78 is 5.42. The maximum absolute atomic E-state index is 5.42. The predicted octanol–water partition coefficient (Wildman–Crippen LogP) is 2.82. The lowest BCUT2D eigenvalue weighted by molar-refractivity contribution is 0.138.